The van der Waals surface area contributed by atoms with Gasteiger partial charge in [-0.2, -0.15) is 15.0 Å². The molecule has 2 fully saturated rings. The second-order valence-corrected chi connectivity index (χ2v) is 12.1. The molecule has 0 radical (unpaired) electrons. The molecule has 3 aromatic rings. The van der Waals surface area contributed by atoms with Crippen LogP contribution in [0.1, 0.15) is 52.1 Å². The van der Waals surface area contributed by atoms with Crippen molar-refractivity contribution in [3.63, 3.8) is 0 Å². The average Bonchev–Trinajstić information content (AvgIpc) is 3.24. The molecule has 1 aromatic carbocycles. The van der Waals surface area contributed by atoms with E-state index in [1.165, 1.54) is 0 Å². The first kappa shape index (κ1) is 23.3. The smallest absolute Gasteiger partial charge is 0.410 e. The van der Waals surface area contributed by atoms with Gasteiger partial charge in [0, 0.05) is 43.3 Å². The molecule has 0 bridgehead atoms. The molecule has 9 nitrogen and oxygen atoms in total. The number of benzene rings is 1. The number of carbonyl (C=O) groups excluding carboxylic acids is 1. The number of rotatable bonds is 3. The number of carbonyl (C=O) groups is 1. The van der Waals surface area contributed by atoms with E-state index in [9.17, 15) is 4.79 Å². The van der Waals surface area contributed by atoms with Gasteiger partial charge in [0.25, 0.3) is 0 Å². The Bertz CT molecular complexity index is 1320. The van der Waals surface area contributed by atoms with Gasteiger partial charge in [-0.1, -0.05) is 17.4 Å². The molecule has 1 saturated carbocycles. The molecule has 2 aromatic heterocycles. The van der Waals surface area contributed by atoms with E-state index in [0.29, 0.717) is 19.2 Å². The maximum atomic E-state index is 12.8. The number of ether oxygens (including phenoxy) is 2. The summed E-state index contributed by atoms with van der Waals surface area (Å²) >= 11 is 1.72. The molecule has 1 spiro atoms. The monoisotopic (exact) mass is 508 g/mol. The van der Waals surface area contributed by atoms with Crippen LogP contribution in [0.3, 0.4) is 0 Å². The highest BCUT2D eigenvalue weighted by atomic mass is 32.1. The summed E-state index contributed by atoms with van der Waals surface area (Å²) in [6, 6.07) is 6.53. The number of anilines is 1. The maximum Gasteiger partial charge on any atom is 0.410 e. The quantitative estimate of drug-likeness (QED) is 0.499. The Morgan fingerprint density at radius 2 is 2.11 bits per heavy atom. The molecule has 36 heavy (non-hydrogen) atoms. The molecule has 3 aliphatic rings. The second kappa shape index (κ2) is 8.19. The molecule has 1 aliphatic carbocycles. The summed E-state index contributed by atoms with van der Waals surface area (Å²) in [6.45, 7) is 6.94. The molecule has 10 heteroatoms. The van der Waals surface area contributed by atoms with Crippen LogP contribution in [0, 0.1) is 0 Å². The van der Waals surface area contributed by atoms with E-state index < -0.39 is 5.60 Å². The van der Waals surface area contributed by atoms with Gasteiger partial charge < -0.3 is 19.3 Å². The average molecular weight is 509 g/mol. The van der Waals surface area contributed by atoms with E-state index in [1.807, 2.05) is 38.8 Å². The Morgan fingerprint density at radius 3 is 2.81 bits per heavy atom. The van der Waals surface area contributed by atoms with Crippen LogP contribution in [0.15, 0.2) is 24.4 Å². The van der Waals surface area contributed by atoms with E-state index in [2.05, 4.69) is 34.3 Å². The predicted molar refractivity (Wildman–Crippen MR) is 138 cm³/mol. The lowest BCUT2D eigenvalue weighted by Crippen LogP contribution is -2.54. The van der Waals surface area contributed by atoms with E-state index >= 15 is 0 Å². The summed E-state index contributed by atoms with van der Waals surface area (Å²) in [7, 11) is 3.94. The van der Waals surface area contributed by atoms with Gasteiger partial charge in [-0.3, -0.25) is 0 Å². The fourth-order valence-corrected chi connectivity index (χ4v) is 6.42. The van der Waals surface area contributed by atoms with Crippen LogP contribution >= 0.6 is 11.3 Å². The number of likely N-dealkylation sites (tertiary alicyclic amines) is 1. The Labute approximate surface area is 215 Å². The van der Waals surface area contributed by atoms with Crippen LogP contribution in [0.25, 0.3) is 21.7 Å². The summed E-state index contributed by atoms with van der Waals surface area (Å²) in [4.78, 5) is 24.8. The molecule has 2 aliphatic heterocycles. The first-order valence-electron chi connectivity index (χ1n) is 12.5. The van der Waals surface area contributed by atoms with Crippen LogP contribution in [0.5, 0.6) is 5.75 Å². The summed E-state index contributed by atoms with van der Waals surface area (Å²) < 4.78 is 11.8. The van der Waals surface area contributed by atoms with Crippen molar-refractivity contribution < 1.29 is 14.3 Å². The minimum Gasteiger partial charge on any atom is -0.487 e. The zero-order chi connectivity index (χ0) is 25.2. The topological polar surface area (TPSA) is 85.6 Å². The molecule has 1 atom stereocenters. The van der Waals surface area contributed by atoms with Gasteiger partial charge in [0.1, 0.15) is 23.7 Å². The first-order valence-corrected chi connectivity index (χ1v) is 13.3. The van der Waals surface area contributed by atoms with Crippen molar-refractivity contribution in [2.24, 2.45) is 7.05 Å². The zero-order valence-electron chi connectivity index (χ0n) is 21.4. The van der Waals surface area contributed by atoms with Crippen molar-refractivity contribution in [3.8, 4) is 27.4 Å². The van der Waals surface area contributed by atoms with Crippen molar-refractivity contribution in [1.29, 1.82) is 0 Å². The minimum absolute atomic E-state index is 0.0666. The molecule has 6 rings (SSSR count). The van der Waals surface area contributed by atoms with Crippen molar-refractivity contribution in [2.75, 3.05) is 18.5 Å². The van der Waals surface area contributed by atoms with Gasteiger partial charge in [0.15, 0.2) is 5.13 Å². The lowest BCUT2D eigenvalue weighted by Gasteiger charge is -2.43. The number of hydrogen-bond donors (Lipinski definition) is 0. The Hall–Kier alpha value is -3.14. The highest BCUT2D eigenvalue weighted by molar-refractivity contribution is 7.19. The number of amides is 1. The normalized spacial score (nSPS) is 19.9. The van der Waals surface area contributed by atoms with E-state index in [1.54, 1.807) is 22.3 Å². The number of aromatic nitrogens is 4. The van der Waals surface area contributed by atoms with Crippen molar-refractivity contribution in [1.82, 2.24) is 24.9 Å². The molecule has 1 unspecified atom stereocenters. The Kier molecular flexibility index (Phi) is 5.30. The van der Waals surface area contributed by atoms with E-state index in [-0.39, 0.29) is 11.6 Å². The standard InChI is InChI=1S/C26H32N6O3S/c1-25(2,3)35-24(33)32-11-8-17(13-26(32)9-10-26)30(4)23-28-20-15-34-21-12-16(19-14-27-31(5)29-19)6-7-18(21)22(20)36-23/h6-7,12,14,17H,8-11,13,15H2,1-5H3. The predicted octanol–water partition coefficient (Wildman–Crippen LogP) is 4.87. The second-order valence-electron chi connectivity index (χ2n) is 11.1. The lowest BCUT2D eigenvalue weighted by atomic mass is 9.94. The Morgan fingerprint density at radius 1 is 1.31 bits per heavy atom. The van der Waals surface area contributed by atoms with Gasteiger partial charge in [-0.05, 0) is 58.6 Å². The fraction of sp³-hybridized carbons (Fsp3) is 0.538. The van der Waals surface area contributed by atoms with Crippen molar-refractivity contribution >= 4 is 22.6 Å². The SMILES string of the molecule is CN(c1nc2c(s1)-c1ccc(-c3cnn(C)n3)cc1OC2)C1CCN(C(=O)OC(C)(C)C)C2(CC2)C1. The number of aryl methyl sites for hydroxylation is 1. The van der Waals surface area contributed by atoms with Crippen LogP contribution in [-0.4, -0.2) is 61.7 Å². The fourth-order valence-electron chi connectivity index (χ4n) is 5.28. The van der Waals surface area contributed by atoms with Crippen LogP contribution in [0.4, 0.5) is 9.93 Å². The molecular weight excluding hydrogens is 476 g/mol. The van der Waals surface area contributed by atoms with Crippen LogP contribution in [-0.2, 0) is 18.4 Å². The summed E-state index contributed by atoms with van der Waals surface area (Å²) in [5.74, 6) is 0.853. The summed E-state index contributed by atoms with van der Waals surface area (Å²) in [5, 5.41) is 9.58. The summed E-state index contributed by atoms with van der Waals surface area (Å²) in [6.07, 6.45) is 5.51. The third-order valence-corrected chi connectivity index (χ3v) is 8.56. The van der Waals surface area contributed by atoms with E-state index in [0.717, 1.165) is 64.0 Å². The molecule has 0 N–H and O–H groups in total. The van der Waals surface area contributed by atoms with Gasteiger partial charge in [0.05, 0.1) is 16.8 Å². The maximum absolute atomic E-state index is 12.8. The van der Waals surface area contributed by atoms with Crippen LogP contribution < -0.4 is 9.64 Å². The Balaban J connectivity index is 1.20. The lowest BCUT2D eigenvalue weighted by molar-refractivity contribution is 0.00388. The highest BCUT2D eigenvalue weighted by Gasteiger charge is 2.55. The molecule has 1 amide bonds. The molecule has 4 heterocycles. The van der Waals surface area contributed by atoms with Crippen LogP contribution in [0.2, 0.25) is 0 Å². The molecule has 1 saturated heterocycles. The largest absolute Gasteiger partial charge is 0.487 e. The third-order valence-electron chi connectivity index (χ3n) is 7.34. The number of hydrogen-bond acceptors (Lipinski definition) is 8. The first-order chi connectivity index (χ1) is 17.1. The van der Waals surface area contributed by atoms with Crippen molar-refractivity contribution in [2.45, 2.75) is 70.2 Å². The minimum atomic E-state index is -0.478. The molecular formula is C26H32N6O3S. The number of fused-ring (bicyclic) bond motifs is 3. The number of thiazole rings is 1. The zero-order valence-corrected chi connectivity index (χ0v) is 22.3. The van der Waals surface area contributed by atoms with Gasteiger partial charge in [-0.15, -0.1) is 0 Å². The van der Waals surface area contributed by atoms with Gasteiger partial charge in [-0.25, -0.2) is 9.78 Å². The summed E-state index contributed by atoms with van der Waals surface area (Å²) in [5.41, 5.74) is 3.31. The van der Waals surface area contributed by atoms with E-state index in [4.69, 9.17) is 14.5 Å². The number of nitrogens with zero attached hydrogens (tertiary/aromatic N) is 6. The van der Waals surface area contributed by atoms with Crippen molar-refractivity contribution in [3.05, 3.63) is 30.1 Å². The van der Waals surface area contributed by atoms with Gasteiger partial charge in [0.2, 0.25) is 0 Å². The van der Waals surface area contributed by atoms with Gasteiger partial charge >= 0.3 is 6.09 Å². The third kappa shape index (κ3) is 4.11. The molecule has 190 valence electrons. The highest BCUT2D eigenvalue weighted by Crippen LogP contribution is 2.51. The number of piperidine rings is 1.